The van der Waals surface area contributed by atoms with Crippen molar-refractivity contribution in [1.82, 2.24) is 14.9 Å². The molecule has 130 valence electrons. The first-order valence-corrected chi connectivity index (χ1v) is 7.59. The molecule has 1 aliphatic rings. The Morgan fingerprint density at radius 1 is 1.12 bits per heavy atom. The van der Waals surface area contributed by atoms with Crippen LogP contribution in [0.5, 0.6) is 0 Å². The molecule has 1 saturated heterocycles. The van der Waals surface area contributed by atoms with Crippen LogP contribution in [0.25, 0.3) is 0 Å². The lowest BCUT2D eigenvalue weighted by Gasteiger charge is -2.33. The van der Waals surface area contributed by atoms with Gasteiger partial charge in [0.05, 0.1) is 5.69 Å². The van der Waals surface area contributed by atoms with Gasteiger partial charge in [0.2, 0.25) is 6.41 Å². The number of carbonyl (C=O) groups excluding carboxylic acids is 2. The highest BCUT2D eigenvalue weighted by molar-refractivity contribution is 6.03. The number of amides is 2. The first-order valence-electron chi connectivity index (χ1n) is 7.59. The van der Waals surface area contributed by atoms with Gasteiger partial charge in [-0.25, -0.2) is 18.7 Å². The molecule has 0 spiro atoms. The third-order valence-electron chi connectivity index (χ3n) is 3.85. The Kier molecular flexibility index (Phi) is 4.82. The van der Waals surface area contributed by atoms with Crippen LogP contribution in [-0.4, -0.2) is 53.4 Å². The van der Waals surface area contributed by atoms with Crippen molar-refractivity contribution in [2.75, 3.05) is 36.4 Å². The van der Waals surface area contributed by atoms with Gasteiger partial charge >= 0.3 is 0 Å². The number of hydrogen-bond donors (Lipinski definition) is 1. The molecular formula is C16H15F2N5O2. The molecule has 0 radical (unpaired) electrons. The molecule has 0 bridgehead atoms. The number of piperazine rings is 1. The van der Waals surface area contributed by atoms with Crippen LogP contribution in [0.4, 0.5) is 20.3 Å². The topological polar surface area (TPSA) is 78.4 Å². The molecule has 9 heteroatoms. The summed E-state index contributed by atoms with van der Waals surface area (Å²) < 4.78 is 26.6. The molecule has 1 fully saturated rings. The third-order valence-corrected chi connectivity index (χ3v) is 3.85. The van der Waals surface area contributed by atoms with Crippen LogP contribution in [0.15, 0.2) is 30.6 Å². The minimum absolute atomic E-state index is 0.0616. The van der Waals surface area contributed by atoms with Gasteiger partial charge in [0.25, 0.3) is 5.91 Å². The van der Waals surface area contributed by atoms with E-state index >= 15 is 0 Å². The van der Waals surface area contributed by atoms with E-state index in [0.717, 1.165) is 18.5 Å². The highest BCUT2D eigenvalue weighted by Crippen LogP contribution is 2.17. The first-order chi connectivity index (χ1) is 12.1. The summed E-state index contributed by atoms with van der Waals surface area (Å²) in [7, 11) is 0. The predicted molar refractivity (Wildman–Crippen MR) is 86.2 cm³/mol. The smallest absolute Gasteiger partial charge is 0.274 e. The highest BCUT2D eigenvalue weighted by atomic mass is 19.1. The summed E-state index contributed by atoms with van der Waals surface area (Å²) in [6, 6.07) is 4.38. The second-order valence-corrected chi connectivity index (χ2v) is 5.47. The predicted octanol–water partition coefficient (Wildman–Crippen LogP) is 1.29. The highest BCUT2D eigenvalue weighted by Gasteiger charge is 2.19. The second kappa shape index (κ2) is 7.20. The van der Waals surface area contributed by atoms with Crippen molar-refractivity contribution in [3.8, 4) is 0 Å². The van der Waals surface area contributed by atoms with Gasteiger partial charge in [-0.2, -0.15) is 0 Å². The van der Waals surface area contributed by atoms with Crippen LogP contribution in [0.2, 0.25) is 0 Å². The molecular weight excluding hydrogens is 332 g/mol. The van der Waals surface area contributed by atoms with Crippen molar-refractivity contribution >= 4 is 23.8 Å². The molecule has 2 heterocycles. The van der Waals surface area contributed by atoms with E-state index < -0.39 is 17.5 Å². The maximum absolute atomic E-state index is 13.6. The molecule has 1 aromatic carbocycles. The van der Waals surface area contributed by atoms with E-state index in [-0.39, 0.29) is 11.4 Å². The van der Waals surface area contributed by atoms with E-state index in [4.69, 9.17) is 0 Å². The van der Waals surface area contributed by atoms with E-state index in [2.05, 4.69) is 15.3 Å². The van der Waals surface area contributed by atoms with Gasteiger partial charge in [-0.1, -0.05) is 0 Å². The third kappa shape index (κ3) is 3.87. The fraction of sp³-hybridized carbons (Fsp3) is 0.250. The number of halogens is 2. The van der Waals surface area contributed by atoms with Crippen molar-refractivity contribution in [1.29, 1.82) is 0 Å². The van der Waals surface area contributed by atoms with Crippen LogP contribution in [-0.2, 0) is 4.79 Å². The van der Waals surface area contributed by atoms with Crippen molar-refractivity contribution in [2.45, 2.75) is 0 Å². The number of benzene rings is 1. The van der Waals surface area contributed by atoms with Gasteiger partial charge in [0, 0.05) is 38.3 Å². The van der Waals surface area contributed by atoms with E-state index in [1.54, 1.807) is 4.90 Å². The number of anilines is 2. The molecule has 0 unspecified atom stereocenters. The Morgan fingerprint density at radius 2 is 1.88 bits per heavy atom. The SMILES string of the molecule is O=CN1CCN(c2cc(C(=O)Nc3ccc(F)cc3F)ncn2)CC1. The summed E-state index contributed by atoms with van der Waals surface area (Å²) in [6.45, 7) is 2.30. The number of nitrogens with zero attached hydrogens (tertiary/aromatic N) is 4. The standard InChI is InChI=1S/C16H15F2N5O2/c17-11-1-2-13(12(18)7-11)21-16(25)14-8-15(20-9-19-14)23-5-3-22(10-24)4-6-23/h1-2,7-10H,3-6H2,(H,21,25). The minimum atomic E-state index is -0.868. The second-order valence-electron chi connectivity index (χ2n) is 5.47. The summed E-state index contributed by atoms with van der Waals surface area (Å²) >= 11 is 0. The molecule has 1 aliphatic heterocycles. The van der Waals surface area contributed by atoms with Crippen LogP contribution in [0, 0.1) is 11.6 Å². The Labute approximate surface area is 142 Å². The zero-order chi connectivity index (χ0) is 17.8. The number of aromatic nitrogens is 2. The summed E-state index contributed by atoms with van der Waals surface area (Å²) in [4.78, 5) is 34.6. The Morgan fingerprint density at radius 3 is 2.56 bits per heavy atom. The molecule has 7 nitrogen and oxygen atoms in total. The molecule has 0 saturated carbocycles. The molecule has 0 atom stereocenters. The van der Waals surface area contributed by atoms with Crippen LogP contribution < -0.4 is 10.2 Å². The summed E-state index contributed by atoms with van der Waals surface area (Å²) in [5.74, 6) is -1.67. The fourth-order valence-corrected chi connectivity index (χ4v) is 2.48. The Hall–Kier alpha value is -3.10. The molecule has 2 amide bonds. The van der Waals surface area contributed by atoms with Crippen molar-refractivity contribution in [3.63, 3.8) is 0 Å². The number of rotatable bonds is 4. The van der Waals surface area contributed by atoms with E-state index in [1.165, 1.54) is 12.4 Å². The maximum atomic E-state index is 13.6. The minimum Gasteiger partial charge on any atom is -0.353 e. The largest absolute Gasteiger partial charge is 0.353 e. The average molecular weight is 347 g/mol. The van der Waals surface area contributed by atoms with Crippen molar-refractivity contribution < 1.29 is 18.4 Å². The van der Waals surface area contributed by atoms with Gasteiger partial charge in [-0.15, -0.1) is 0 Å². The Balaban J connectivity index is 1.72. The Bertz CT molecular complexity index is 794. The molecule has 1 aromatic heterocycles. The molecule has 0 aliphatic carbocycles. The average Bonchev–Trinajstić information content (AvgIpc) is 2.64. The van der Waals surface area contributed by atoms with Gasteiger partial charge in [0.1, 0.15) is 29.5 Å². The zero-order valence-corrected chi connectivity index (χ0v) is 13.2. The van der Waals surface area contributed by atoms with Gasteiger partial charge in [0.15, 0.2) is 0 Å². The summed E-state index contributed by atoms with van der Waals surface area (Å²) in [5.41, 5.74) is -0.0716. The van der Waals surface area contributed by atoms with Crippen LogP contribution in [0.3, 0.4) is 0 Å². The summed E-state index contributed by atoms with van der Waals surface area (Å²) in [6.07, 6.45) is 2.05. The fourth-order valence-electron chi connectivity index (χ4n) is 2.48. The van der Waals surface area contributed by atoms with E-state index in [9.17, 15) is 18.4 Å². The molecule has 1 N–H and O–H groups in total. The normalized spacial score (nSPS) is 14.3. The van der Waals surface area contributed by atoms with Crippen LogP contribution in [0.1, 0.15) is 10.5 Å². The molecule has 25 heavy (non-hydrogen) atoms. The van der Waals surface area contributed by atoms with Gasteiger partial charge < -0.3 is 15.1 Å². The van der Waals surface area contributed by atoms with Crippen LogP contribution >= 0.6 is 0 Å². The quantitative estimate of drug-likeness (QED) is 0.843. The molecule has 2 aromatic rings. The number of nitrogens with one attached hydrogen (secondary N) is 1. The lowest BCUT2D eigenvalue weighted by Crippen LogP contribution is -2.46. The van der Waals surface area contributed by atoms with E-state index in [1.807, 2.05) is 4.90 Å². The lowest BCUT2D eigenvalue weighted by atomic mass is 10.2. The molecule has 3 rings (SSSR count). The first kappa shape index (κ1) is 16.7. The summed E-state index contributed by atoms with van der Waals surface area (Å²) in [5, 5.41) is 2.36. The van der Waals surface area contributed by atoms with Crippen molar-refractivity contribution in [3.05, 3.63) is 47.9 Å². The number of hydrogen-bond acceptors (Lipinski definition) is 5. The van der Waals surface area contributed by atoms with Gasteiger partial charge in [-0.05, 0) is 12.1 Å². The zero-order valence-electron chi connectivity index (χ0n) is 13.2. The maximum Gasteiger partial charge on any atom is 0.274 e. The lowest BCUT2D eigenvalue weighted by molar-refractivity contribution is -0.118. The van der Waals surface area contributed by atoms with E-state index in [0.29, 0.717) is 38.1 Å². The van der Waals surface area contributed by atoms with Crippen molar-refractivity contribution in [2.24, 2.45) is 0 Å². The van der Waals surface area contributed by atoms with Gasteiger partial charge in [-0.3, -0.25) is 9.59 Å². The monoisotopic (exact) mass is 347 g/mol. The number of carbonyl (C=O) groups is 2.